The fraction of sp³-hybridized carbons (Fsp3) is 0.692. The lowest BCUT2D eigenvalue weighted by Crippen LogP contribution is -2.34. The predicted octanol–water partition coefficient (Wildman–Crippen LogP) is 2.19. The summed E-state index contributed by atoms with van der Waals surface area (Å²) in [5.74, 6) is 0.146. The molecule has 17 heavy (non-hydrogen) atoms. The van der Waals surface area contributed by atoms with Gasteiger partial charge in [-0.1, -0.05) is 27.7 Å². The van der Waals surface area contributed by atoms with Crippen molar-refractivity contribution in [3.63, 3.8) is 0 Å². The number of Topliss-reactive ketones (excluding diaryl/α,β-unsaturated/α-hetero) is 1. The molecule has 1 aromatic heterocycles. The summed E-state index contributed by atoms with van der Waals surface area (Å²) >= 11 is 0. The lowest BCUT2D eigenvalue weighted by atomic mass is 10.1. The van der Waals surface area contributed by atoms with Crippen molar-refractivity contribution in [1.82, 2.24) is 14.9 Å². The number of carbonyl (C=O) groups excluding carboxylic acids is 1. The van der Waals surface area contributed by atoms with Crippen LogP contribution in [0.4, 0.5) is 0 Å². The summed E-state index contributed by atoms with van der Waals surface area (Å²) in [6.45, 7) is 9.59. The van der Waals surface area contributed by atoms with E-state index in [0.717, 1.165) is 5.69 Å². The Balaban J connectivity index is 0. The lowest BCUT2D eigenvalue weighted by Gasteiger charge is -2.09. The number of hydrogen-bond acceptors (Lipinski definition) is 3. The van der Waals surface area contributed by atoms with E-state index >= 15 is 0 Å². The molecule has 0 saturated heterocycles. The van der Waals surface area contributed by atoms with E-state index in [4.69, 9.17) is 0 Å². The smallest absolute Gasteiger partial charge is 0.147 e. The number of aromatic nitrogens is 2. The summed E-state index contributed by atoms with van der Waals surface area (Å²) in [6.07, 6.45) is 4.32. The van der Waals surface area contributed by atoms with Crippen molar-refractivity contribution in [3.8, 4) is 0 Å². The van der Waals surface area contributed by atoms with E-state index in [1.54, 1.807) is 20.3 Å². The molecule has 0 radical (unpaired) electrons. The third kappa shape index (κ3) is 7.69. The molecule has 0 bridgehead atoms. The Morgan fingerprint density at radius 1 is 1.41 bits per heavy atom. The van der Waals surface area contributed by atoms with Crippen molar-refractivity contribution in [2.24, 2.45) is 7.05 Å². The highest BCUT2D eigenvalue weighted by Gasteiger charge is 2.13. The second-order valence-corrected chi connectivity index (χ2v) is 3.19. The fourth-order valence-electron chi connectivity index (χ4n) is 1.23. The summed E-state index contributed by atoms with van der Waals surface area (Å²) in [5, 5.41) is 2.96. The average Bonchev–Trinajstić information content (AvgIpc) is 2.76. The van der Waals surface area contributed by atoms with Crippen LogP contribution in [0.15, 0.2) is 12.5 Å². The molecule has 0 aliphatic rings. The minimum absolute atomic E-state index is 0.116. The van der Waals surface area contributed by atoms with Gasteiger partial charge in [-0.05, 0) is 14.0 Å². The van der Waals surface area contributed by atoms with Crippen molar-refractivity contribution in [1.29, 1.82) is 0 Å². The minimum Gasteiger partial charge on any atom is -0.340 e. The van der Waals surface area contributed by atoms with Crippen LogP contribution in [0.3, 0.4) is 0 Å². The van der Waals surface area contributed by atoms with Crippen LogP contribution >= 0.6 is 0 Å². The summed E-state index contributed by atoms with van der Waals surface area (Å²) in [5.41, 5.74) is 0.942. The zero-order valence-electron chi connectivity index (χ0n) is 12.2. The monoisotopic (exact) mass is 241 g/mol. The first-order chi connectivity index (χ1) is 8.13. The molecule has 4 heteroatoms. The molecule has 4 nitrogen and oxygen atoms in total. The van der Waals surface area contributed by atoms with Gasteiger partial charge in [-0.25, -0.2) is 4.98 Å². The zero-order valence-corrected chi connectivity index (χ0v) is 12.2. The molecule has 0 aliphatic heterocycles. The van der Waals surface area contributed by atoms with Gasteiger partial charge in [0, 0.05) is 19.7 Å². The van der Waals surface area contributed by atoms with E-state index in [1.165, 1.54) is 0 Å². The Morgan fingerprint density at radius 2 is 1.94 bits per heavy atom. The number of nitrogens with zero attached hydrogens (tertiary/aromatic N) is 2. The molecule has 1 unspecified atom stereocenters. The van der Waals surface area contributed by atoms with Gasteiger partial charge < -0.3 is 9.88 Å². The van der Waals surface area contributed by atoms with E-state index < -0.39 is 0 Å². The van der Waals surface area contributed by atoms with Gasteiger partial charge in [-0.3, -0.25) is 4.79 Å². The third-order valence-corrected chi connectivity index (χ3v) is 2.01. The average molecular weight is 241 g/mol. The Labute approximate surface area is 105 Å². The summed E-state index contributed by atoms with van der Waals surface area (Å²) in [4.78, 5) is 15.2. The molecule has 1 aromatic rings. The van der Waals surface area contributed by atoms with Crippen molar-refractivity contribution in [2.75, 3.05) is 7.05 Å². The molecular formula is C13H27N3O. The highest BCUT2D eigenvalue weighted by Crippen LogP contribution is 2.00. The Hall–Kier alpha value is -1.16. The maximum atomic E-state index is 11.1. The second-order valence-electron chi connectivity index (χ2n) is 3.19. The van der Waals surface area contributed by atoms with Crippen LogP contribution in [0.2, 0.25) is 0 Å². The number of carbonyl (C=O) groups is 1. The number of rotatable bonds is 4. The minimum atomic E-state index is -0.116. The summed E-state index contributed by atoms with van der Waals surface area (Å²) in [7, 11) is 3.70. The summed E-state index contributed by atoms with van der Waals surface area (Å²) in [6, 6.07) is -0.116. The van der Waals surface area contributed by atoms with Gasteiger partial charge in [-0.2, -0.15) is 0 Å². The Kier molecular flexibility index (Phi) is 12.1. The van der Waals surface area contributed by atoms with Crippen LogP contribution < -0.4 is 5.32 Å². The molecule has 1 atom stereocenters. The highest BCUT2D eigenvalue weighted by atomic mass is 16.1. The lowest BCUT2D eigenvalue weighted by molar-refractivity contribution is -0.118. The van der Waals surface area contributed by atoms with Crippen LogP contribution in [0, 0.1) is 0 Å². The van der Waals surface area contributed by atoms with E-state index in [0.29, 0.717) is 6.42 Å². The first kappa shape index (κ1) is 18.2. The number of aryl methyl sites for hydroxylation is 1. The van der Waals surface area contributed by atoms with Crippen molar-refractivity contribution in [2.45, 2.75) is 47.1 Å². The van der Waals surface area contributed by atoms with Crippen molar-refractivity contribution < 1.29 is 4.79 Å². The van der Waals surface area contributed by atoms with Crippen molar-refractivity contribution in [3.05, 3.63) is 18.2 Å². The molecule has 0 fully saturated rings. The molecule has 0 saturated carbocycles. The van der Waals surface area contributed by atoms with E-state index in [2.05, 4.69) is 10.3 Å². The Bertz CT molecular complexity index is 295. The number of likely N-dealkylation sites (N-methyl/N-ethyl adjacent to an activating group) is 1. The number of nitrogens with one attached hydrogen (secondary N) is 1. The predicted molar refractivity (Wildman–Crippen MR) is 73.1 cm³/mol. The van der Waals surface area contributed by atoms with Gasteiger partial charge in [0.1, 0.15) is 5.78 Å². The summed E-state index contributed by atoms with van der Waals surface area (Å²) < 4.78 is 1.88. The first-order valence-electron chi connectivity index (χ1n) is 6.28. The molecule has 0 amide bonds. The number of hydrogen-bond donors (Lipinski definition) is 1. The van der Waals surface area contributed by atoms with Crippen LogP contribution in [0.5, 0.6) is 0 Å². The van der Waals surface area contributed by atoms with Gasteiger partial charge >= 0.3 is 0 Å². The standard InChI is InChI=1S/C9H15N3O.2C2H6/c1-7(13)9(10-2)4-8-5-12(3)6-11-8;2*1-2/h5-6,9-10H,4H2,1-3H3;2*1-2H3. The van der Waals surface area contributed by atoms with Gasteiger partial charge in [0.05, 0.1) is 18.1 Å². The number of ketones is 1. The SMILES string of the molecule is CC.CC.CNC(Cc1cn(C)cn1)C(C)=O. The van der Waals surface area contributed by atoms with E-state index in [1.807, 2.05) is 45.5 Å². The van der Waals surface area contributed by atoms with Crippen LogP contribution in [-0.2, 0) is 18.3 Å². The molecule has 100 valence electrons. The largest absolute Gasteiger partial charge is 0.340 e. The topological polar surface area (TPSA) is 46.9 Å². The quantitative estimate of drug-likeness (QED) is 0.879. The maximum absolute atomic E-state index is 11.1. The fourth-order valence-corrected chi connectivity index (χ4v) is 1.23. The molecule has 0 spiro atoms. The van der Waals surface area contributed by atoms with Crippen LogP contribution in [0.1, 0.15) is 40.3 Å². The zero-order chi connectivity index (χ0) is 13.8. The molecule has 1 N–H and O–H groups in total. The molecular weight excluding hydrogens is 214 g/mol. The molecule has 1 heterocycles. The van der Waals surface area contributed by atoms with Gasteiger partial charge in [0.25, 0.3) is 0 Å². The van der Waals surface area contributed by atoms with E-state index in [-0.39, 0.29) is 11.8 Å². The second kappa shape index (κ2) is 11.3. The molecule has 0 aromatic carbocycles. The number of imidazole rings is 1. The maximum Gasteiger partial charge on any atom is 0.147 e. The van der Waals surface area contributed by atoms with Crippen LogP contribution in [-0.4, -0.2) is 28.4 Å². The van der Waals surface area contributed by atoms with Crippen LogP contribution in [0.25, 0.3) is 0 Å². The van der Waals surface area contributed by atoms with E-state index in [9.17, 15) is 4.79 Å². The van der Waals surface area contributed by atoms with Gasteiger partial charge in [0.2, 0.25) is 0 Å². The molecule has 1 rings (SSSR count). The normalized spacial score (nSPS) is 10.5. The Morgan fingerprint density at radius 3 is 2.24 bits per heavy atom. The third-order valence-electron chi connectivity index (χ3n) is 2.01. The van der Waals surface area contributed by atoms with Crippen molar-refractivity contribution >= 4 is 5.78 Å². The van der Waals surface area contributed by atoms with Gasteiger partial charge in [0.15, 0.2) is 0 Å². The first-order valence-corrected chi connectivity index (χ1v) is 6.28. The highest BCUT2D eigenvalue weighted by molar-refractivity contribution is 5.81. The van der Waals surface area contributed by atoms with Gasteiger partial charge in [-0.15, -0.1) is 0 Å². The molecule has 0 aliphatic carbocycles.